The van der Waals surface area contributed by atoms with E-state index >= 15 is 0 Å². The van der Waals surface area contributed by atoms with Crippen LogP contribution in [0.1, 0.15) is 11.1 Å². The van der Waals surface area contributed by atoms with E-state index in [0.717, 1.165) is 28.2 Å². The van der Waals surface area contributed by atoms with Crippen LogP contribution >= 0.6 is 0 Å². The van der Waals surface area contributed by atoms with Crippen LogP contribution in [0.5, 0.6) is 11.5 Å². The molecule has 5 rings (SSSR count). The molecule has 5 nitrogen and oxygen atoms in total. The number of benzene rings is 4. The van der Waals surface area contributed by atoms with Gasteiger partial charge < -0.3 is 9.47 Å². The number of nitrogens with zero attached hydrogens (tertiary/aromatic N) is 2. The van der Waals surface area contributed by atoms with Crippen LogP contribution in [0, 0.1) is 0 Å². The fraction of sp³-hybridized carbons (Fsp3) is 0.133. The molecule has 0 aliphatic heterocycles. The van der Waals surface area contributed by atoms with E-state index in [-0.39, 0.29) is 5.56 Å². The maximum atomic E-state index is 13.5. The van der Waals surface area contributed by atoms with Crippen LogP contribution in [-0.4, -0.2) is 16.7 Å². The Morgan fingerprint density at radius 2 is 1.54 bits per heavy atom. The van der Waals surface area contributed by atoms with Gasteiger partial charge in [0.1, 0.15) is 23.9 Å². The molecule has 0 saturated carbocycles. The highest BCUT2D eigenvalue weighted by atomic mass is 16.5. The number of methoxy groups -OCH3 is 1. The monoisotopic (exact) mass is 462 g/mol. The summed E-state index contributed by atoms with van der Waals surface area (Å²) in [5.74, 6) is 2.18. The van der Waals surface area contributed by atoms with Crippen LogP contribution < -0.4 is 15.0 Å². The van der Waals surface area contributed by atoms with Crippen LogP contribution in [-0.2, 0) is 19.6 Å². The fourth-order valence-corrected chi connectivity index (χ4v) is 4.09. The third-order valence-electron chi connectivity index (χ3n) is 5.99. The van der Waals surface area contributed by atoms with Crippen LogP contribution in [0.2, 0.25) is 0 Å². The second kappa shape index (κ2) is 10.3. The Kier molecular flexibility index (Phi) is 6.57. The average molecular weight is 463 g/mol. The summed E-state index contributed by atoms with van der Waals surface area (Å²) in [6.07, 6.45) is 0.696. The Bertz CT molecular complexity index is 1490. The van der Waals surface area contributed by atoms with Crippen molar-refractivity contribution in [2.24, 2.45) is 0 Å². The normalized spacial score (nSPS) is 10.9. The van der Waals surface area contributed by atoms with E-state index in [2.05, 4.69) is 0 Å². The summed E-state index contributed by atoms with van der Waals surface area (Å²) in [5, 5.41) is 0.613. The lowest BCUT2D eigenvalue weighted by molar-refractivity contribution is 0.306. The molecule has 0 aliphatic carbocycles. The van der Waals surface area contributed by atoms with Gasteiger partial charge in [-0.25, -0.2) is 4.98 Å². The van der Waals surface area contributed by atoms with Crippen molar-refractivity contribution in [2.45, 2.75) is 19.6 Å². The molecule has 0 N–H and O–H groups in total. The van der Waals surface area contributed by atoms with E-state index in [1.165, 1.54) is 0 Å². The van der Waals surface area contributed by atoms with Crippen molar-refractivity contribution in [1.82, 2.24) is 9.55 Å². The summed E-state index contributed by atoms with van der Waals surface area (Å²) in [5.41, 5.74) is 3.70. The SMILES string of the molecule is COc1ccc(CCn2c(-c3cccc(OCc4ccccc4)c3)nc3ccccc3c2=O)cc1. The van der Waals surface area contributed by atoms with Crippen molar-refractivity contribution in [1.29, 1.82) is 0 Å². The second-order valence-corrected chi connectivity index (χ2v) is 8.31. The van der Waals surface area contributed by atoms with Crippen LogP contribution in [0.15, 0.2) is 108 Å². The van der Waals surface area contributed by atoms with Gasteiger partial charge >= 0.3 is 0 Å². The number of hydrogen-bond donors (Lipinski definition) is 0. The summed E-state index contributed by atoms with van der Waals surface area (Å²) >= 11 is 0. The Labute approximate surface area is 204 Å². The Balaban J connectivity index is 1.49. The van der Waals surface area contributed by atoms with Gasteiger partial charge in [-0.2, -0.15) is 0 Å². The molecule has 0 fully saturated rings. The number of ether oxygens (including phenoxy) is 2. The maximum Gasteiger partial charge on any atom is 0.261 e. The minimum atomic E-state index is -0.0466. The zero-order valence-corrected chi connectivity index (χ0v) is 19.6. The summed E-state index contributed by atoms with van der Waals surface area (Å²) in [7, 11) is 1.65. The van der Waals surface area contributed by atoms with Gasteiger partial charge in [-0.1, -0.05) is 66.7 Å². The molecule has 5 heteroatoms. The smallest absolute Gasteiger partial charge is 0.261 e. The summed E-state index contributed by atoms with van der Waals surface area (Å²) < 4.78 is 13.1. The van der Waals surface area contributed by atoms with E-state index in [9.17, 15) is 4.79 Å². The first kappa shape index (κ1) is 22.4. The Morgan fingerprint density at radius 1 is 0.771 bits per heavy atom. The lowest BCUT2D eigenvalue weighted by Crippen LogP contribution is -2.24. The zero-order valence-electron chi connectivity index (χ0n) is 19.6. The van der Waals surface area contributed by atoms with Crippen molar-refractivity contribution in [3.8, 4) is 22.9 Å². The minimum absolute atomic E-state index is 0.0466. The minimum Gasteiger partial charge on any atom is -0.497 e. The molecule has 0 bridgehead atoms. The molecular formula is C30H26N2O3. The second-order valence-electron chi connectivity index (χ2n) is 8.31. The van der Waals surface area contributed by atoms with Crippen molar-refractivity contribution < 1.29 is 9.47 Å². The maximum absolute atomic E-state index is 13.5. The molecule has 174 valence electrons. The van der Waals surface area contributed by atoms with Crippen LogP contribution in [0.25, 0.3) is 22.3 Å². The Morgan fingerprint density at radius 3 is 2.34 bits per heavy atom. The lowest BCUT2D eigenvalue weighted by Gasteiger charge is -2.15. The number of rotatable bonds is 8. The number of fused-ring (bicyclic) bond motifs is 1. The van der Waals surface area contributed by atoms with Gasteiger partial charge in [0, 0.05) is 12.1 Å². The first-order valence-corrected chi connectivity index (χ1v) is 11.6. The van der Waals surface area contributed by atoms with Crippen molar-refractivity contribution >= 4 is 10.9 Å². The highest BCUT2D eigenvalue weighted by Crippen LogP contribution is 2.24. The molecule has 4 aromatic carbocycles. The quantitative estimate of drug-likeness (QED) is 0.288. The first-order chi connectivity index (χ1) is 17.2. The molecule has 1 heterocycles. The summed E-state index contributed by atoms with van der Waals surface area (Å²) in [6.45, 7) is 0.979. The molecule has 0 unspecified atom stereocenters. The number of aryl methyl sites for hydroxylation is 1. The van der Waals surface area contributed by atoms with E-state index in [4.69, 9.17) is 14.5 Å². The highest BCUT2D eigenvalue weighted by Gasteiger charge is 2.14. The van der Waals surface area contributed by atoms with Crippen molar-refractivity contribution in [2.75, 3.05) is 7.11 Å². The van der Waals surface area contributed by atoms with Gasteiger partial charge in [-0.3, -0.25) is 9.36 Å². The van der Waals surface area contributed by atoms with E-state index in [0.29, 0.717) is 36.3 Å². The van der Waals surface area contributed by atoms with Gasteiger partial charge in [0.15, 0.2) is 0 Å². The van der Waals surface area contributed by atoms with Gasteiger partial charge in [-0.15, -0.1) is 0 Å². The molecule has 0 spiro atoms. The van der Waals surface area contributed by atoms with Crippen LogP contribution in [0.3, 0.4) is 0 Å². The van der Waals surface area contributed by atoms with Gasteiger partial charge in [0.25, 0.3) is 5.56 Å². The average Bonchev–Trinajstić information content (AvgIpc) is 2.92. The van der Waals surface area contributed by atoms with Gasteiger partial charge in [0.2, 0.25) is 0 Å². The van der Waals surface area contributed by atoms with E-state index in [1.807, 2.05) is 103 Å². The largest absolute Gasteiger partial charge is 0.497 e. The Hall–Kier alpha value is -4.38. The zero-order chi connectivity index (χ0) is 24.0. The van der Waals surface area contributed by atoms with Crippen molar-refractivity contribution in [3.63, 3.8) is 0 Å². The van der Waals surface area contributed by atoms with Gasteiger partial charge in [0.05, 0.1) is 18.0 Å². The predicted molar refractivity (Wildman–Crippen MR) is 139 cm³/mol. The van der Waals surface area contributed by atoms with Gasteiger partial charge in [-0.05, 0) is 53.9 Å². The van der Waals surface area contributed by atoms with Crippen molar-refractivity contribution in [3.05, 3.63) is 125 Å². The summed E-state index contributed by atoms with van der Waals surface area (Å²) in [4.78, 5) is 18.4. The molecular weight excluding hydrogens is 436 g/mol. The molecule has 35 heavy (non-hydrogen) atoms. The third kappa shape index (κ3) is 5.09. The molecule has 0 atom stereocenters. The topological polar surface area (TPSA) is 53.4 Å². The molecule has 1 aromatic heterocycles. The van der Waals surface area contributed by atoms with E-state index in [1.54, 1.807) is 11.7 Å². The highest BCUT2D eigenvalue weighted by molar-refractivity contribution is 5.79. The number of hydrogen-bond acceptors (Lipinski definition) is 4. The summed E-state index contributed by atoms with van der Waals surface area (Å²) in [6, 6.07) is 33.2. The molecule has 0 saturated heterocycles. The number of aromatic nitrogens is 2. The van der Waals surface area contributed by atoms with E-state index < -0.39 is 0 Å². The molecule has 0 radical (unpaired) electrons. The molecule has 0 amide bonds. The lowest BCUT2D eigenvalue weighted by atomic mass is 10.1. The van der Waals surface area contributed by atoms with Crippen LogP contribution in [0.4, 0.5) is 0 Å². The number of para-hydroxylation sites is 1. The first-order valence-electron chi connectivity index (χ1n) is 11.6. The standard InChI is InChI=1S/C30H26N2O3/c1-34-25-16-14-22(15-17-25)18-19-32-29(31-28-13-6-5-12-27(28)30(32)33)24-10-7-11-26(20-24)35-21-23-8-3-2-4-9-23/h2-17,20H,18-19,21H2,1H3. The predicted octanol–water partition coefficient (Wildman–Crippen LogP) is 5.89. The fourth-order valence-electron chi connectivity index (χ4n) is 4.09. The third-order valence-corrected chi connectivity index (χ3v) is 5.99. The molecule has 5 aromatic rings. The molecule has 0 aliphatic rings.